The van der Waals surface area contributed by atoms with Crippen LogP contribution in [0.25, 0.3) is 5.69 Å². The third-order valence-electron chi connectivity index (χ3n) is 4.01. The van der Waals surface area contributed by atoms with Gasteiger partial charge >= 0.3 is 0 Å². The minimum atomic E-state index is -0.577. The van der Waals surface area contributed by atoms with Crippen molar-refractivity contribution in [2.75, 3.05) is 6.61 Å². The van der Waals surface area contributed by atoms with E-state index in [-0.39, 0.29) is 22.0 Å². The van der Waals surface area contributed by atoms with E-state index in [0.29, 0.717) is 29.3 Å². The molecule has 28 heavy (non-hydrogen) atoms. The molecule has 2 N–H and O–H groups in total. The third-order valence-corrected chi connectivity index (χ3v) is 4.30. The summed E-state index contributed by atoms with van der Waals surface area (Å²) in [6.07, 6.45) is 1.22. The van der Waals surface area contributed by atoms with Crippen LogP contribution in [-0.4, -0.2) is 27.5 Å². The second kappa shape index (κ2) is 8.18. The van der Waals surface area contributed by atoms with Gasteiger partial charge in [0.05, 0.1) is 18.0 Å². The van der Waals surface area contributed by atoms with Gasteiger partial charge in [0.15, 0.2) is 4.77 Å². The lowest BCUT2D eigenvalue weighted by molar-refractivity contribution is 0.340. The highest BCUT2D eigenvalue weighted by atomic mass is 32.1. The van der Waals surface area contributed by atoms with Gasteiger partial charge in [-0.05, 0) is 74.1 Å². The van der Waals surface area contributed by atoms with Gasteiger partial charge in [0, 0.05) is 6.21 Å². The fourth-order valence-corrected chi connectivity index (χ4v) is 2.89. The molecule has 6 nitrogen and oxygen atoms in total. The minimum absolute atomic E-state index is 0.0430. The van der Waals surface area contributed by atoms with Gasteiger partial charge in [0.25, 0.3) is 5.56 Å². The van der Waals surface area contributed by atoms with E-state index in [1.54, 1.807) is 37.3 Å². The largest absolute Gasteiger partial charge is 0.494 e. The summed E-state index contributed by atoms with van der Waals surface area (Å²) in [7, 11) is 0. The molecule has 0 unspecified atom stereocenters. The number of aromatic amines is 1. The van der Waals surface area contributed by atoms with Gasteiger partial charge in [0.1, 0.15) is 17.1 Å². The van der Waals surface area contributed by atoms with Crippen LogP contribution in [0.1, 0.15) is 18.1 Å². The number of aliphatic imine (C=N–C) groups is 1. The highest BCUT2D eigenvalue weighted by Gasteiger charge is 2.13. The van der Waals surface area contributed by atoms with Crippen LogP contribution in [0, 0.1) is 17.5 Å². The number of ether oxygens (including phenoxy) is 1. The number of hydrogen-bond donors (Lipinski definition) is 2. The topological polar surface area (TPSA) is 79.6 Å². The first-order valence-corrected chi connectivity index (χ1v) is 8.93. The van der Waals surface area contributed by atoms with Crippen LogP contribution >= 0.6 is 12.2 Å². The molecule has 0 bridgehead atoms. The number of aryl methyl sites for hydroxylation is 1. The number of aromatic hydroxyl groups is 1. The van der Waals surface area contributed by atoms with Crippen LogP contribution < -0.4 is 10.3 Å². The molecule has 0 saturated heterocycles. The van der Waals surface area contributed by atoms with Crippen molar-refractivity contribution in [3.8, 4) is 17.3 Å². The SMILES string of the molecule is CCOc1ccc(-n2c(O)c(C=Nc3ccc(F)c(C)c3)c(=O)[nH]c2=S)cc1. The van der Waals surface area contributed by atoms with Crippen LogP contribution in [0.3, 0.4) is 0 Å². The number of halogens is 1. The molecule has 0 aliphatic rings. The zero-order chi connectivity index (χ0) is 20.3. The Balaban J connectivity index is 2.04. The van der Waals surface area contributed by atoms with Gasteiger partial charge in [-0.3, -0.25) is 19.3 Å². The zero-order valence-electron chi connectivity index (χ0n) is 15.3. The normalized spacial score (nSPS) is 11.1. The van der Waals surface area contributed by atoms with Gasteiger partial charge < -0.3 is 9.84 Å². The molecule has 0 saturated carbocycles. The number of aromatic nitrogens is 2. The monoisotopic (exact) mass is 399 g/mol. The fraction of sp³-hybridized carbons (Fsp3) is 0.150. The summed E-state index contributed by atoms with van der Waals surface area (Å²) in [4.78, 5) is 18.9. The Labute approximate surface area is 165 Å². The predicted molar refractivity (Wildman–Crippen MR) is 108 cm³/mol. The Morgan fingerprint density at radius 2 is 2.00 bits per heavy atom. The second-order valence-electron chi connectivity index (χ2n) is 5.95. The number of rotatable bonds is 5. The van der Waals surface area contributed by atoms with Crippen LogP contribution in [0.15, 0.2) is 52.3 Å². The molecule has 0 spiro atoms. The van der Waals surface area contributed by atoms with Crippen molar-refractivity contribution in [1.82, 2.24) is 9.55 Å². The first-order valence-electron chi connectivity index (χ1n) is 8.52. The van der Waals surface area contributed by atoms with Crippen molar-refractivity contribution in [3.63, 3.8) is 0 Å². The van der Waals surface area contributed by atoms with Gasteiger partial charge in [-0.1, -0.05) is 0 Å². The van der Waals surface area contributed by atoms with Crippen molar-refractivity contribution in [2.45, 2.75) is 13.8 Å². The van der Waals surface area contributed by atoms with Gasteiger partial charge in [-0.25, -0.2) is 4.39 Å². The molecule has 2 aromatic carbocycles. The first-order chi connectivity index (χ1) is 13.4. The van der Waals surface area contributed by atoms with E-state index in [2.05, 4.69) is 9.98 Å². The lowest BCUT2D eigenvalue weighted by atomic mass is 10.2. The van der Waals surface area contributed by atoms with Crippen LogP contribution in [0.2, 0.25) is 0 Å². The molecule has 3 rings (SSSR count). The Morgan fingerprint density at radius 3 is 2.64 bits per heavy atom. The molecule has 1 aromatic heterocycles. The average molecular weight is 399 g/mol. The predicted octanol–water partition coefficient (Wildman–Crippen LogP) is 4.20. The minimum Gasteiger partial charge on any atom is -0.494 e. The molecular weight excluding hydrogens is 381 g/mol. The molecule has 0 amide bonds. The maximum atomic E-state index is 13.4. The summed E-state index contributed by atoms with van der Waals surface area (Å²) in [6, 6.07) is 11.2. The lowest BCUT2D eigenvalue weighted by Gasteiger charge is -2.12. The zero-order valence-corrected chi connectivity index (χ0v) is 16.1. The van der Waals surface area contributed by atoms with Crippen LogP contribution in [0.5, 0.6) is 11.6 Å². The van der Waals surface area contributed by atoms with Crippen molar-refractivity contribution >= 4 is 24.1 Å². The van der Waals surface area contributed by atoms with E-state index >= 15 is 0 Å². The van der Waals surface area contributed by atoms with Gasteiger partial charge in [-0.2, -0.15) is 0 Å². The van der Waals surface area contributed by atoms with Crippen LogP contribution in [-0.2, 0) is 0 Å². The Bertz CT molecular complexity index is 1150. The summed E-state index contributed by atoms with van der Waals surface area (Å²) in [6.45, 7) is 4.03. The molecule has 3 aromatic rings. The molecule has 0 fully saturated rings. The molecule has 144 valence electrons. The number of nitrogens with zero attached hydrogens (tertiary/aromatic N) is 2. The lowest BCUT2D eigenvalue weighted by Crippen LogP contribution is -2.18. The number of nitrogens with one attached hydrogen (secondary N) is 1. The smallest absolute Gasteiger partial charge is 0.264 e. The average Bonchev–Trinajstić information content (AvgIpc) is 2.65. The van der Waals surface area contributed by atoms with Crippen molar-refractivity contribution in [1.29, 1.82) is 0 Å². The summed E-state index contributed by atoms with van der Waals surface area (Å²) in [5.41, 5.74) is 0.789. The standard InChI is InChI=1S/C20H18FN3O3S/c1-3-27-15-7-5-14(6-8-15)24-19(26)16(18(25)23-20(24)28)11-22-13-4-9-17(21)12(2)10-13/h4-11,26H,3H2,1-2H3,(H,23,25,28). The van der Waals surface area contributed by atoms with E-state index < -0.39 is 5.56 Å². The summed E-state index contributed by atoms with van der Waals surface area (Å²) >= 11 is 5.19. The van der Waals surface area contributed by atoms with Crippen molar-refractivity contribution < 1.29 is 14.2 Å². The van der Waals surface area contributed by atoms with Gasteiger partial charge in [-0.15, -0.1) is 0 Å². The molecule has 0 atom stereocenters. The quantitative estimate of drug-likeness (QED) is 0.498. The Hall–Kier alpha value is -3.26. The fourth-order valence-electron chi connectivity index (χ4n) is 2.60. The third kappa shape index (κ3) is 4.01. The molecule has 0 radical (unpaired) electrons. The number of H-pyrrole nitrogens is 1. The van der Waals surface area contributed by atoms with Gasteiger partial charge in [0.2, 0.25) is 5.88 Å². The summed E-state index contributed by atoms with van der Waals surface area (Å²) in [5.74, 6) is -0.0147. The van der Waals surface area contributed by atoms with E-state index in [1.807, 2.05) is 6.92 Å². The van der Waals surface area contributed by atoms with Crippen molar-refractivity contribution in [2.24, 2.45) is 4.99 Å². The Kier molecular flexibility index (Phi) is 5.70. The first kappa shape index (κ1) is 19.5. The summed E-state index contributed by atoms with van der Waals surface area (Å²) in [5, 5.41) is 10.6. The summed E-state index contributed by atoms with van der Waals surface area (Å²) < 4.78 is 20.1. The van der Waals surface area contributed by atoms with Crippen molar-refractivity contribution in [3.05, 3.63) is 74.5 Å². The van der Waals surface area contributed by atoms with E-state index in [4.69, 9.17) is 17.0 Å². The highest BCUT2D eigenvalue weighted by molar-refractivity contribution is 7.71. The molecule has 0 aliphatic carbocycles. The maximum absolute atomic E-state index is 13.4. The number of hydrogen-bond acceptors (Lipinski definition) is 5. The van der Waals surface area contributed by atoms with E-state index in [0.717, 1.165) is 0 Å². The molecular formula is C20H18FN3O3S. The molecule has 1 heterocycles. The molecule has 8 heteroatoms. The maximum Gasteiger partial charge on any atom is 0.264 e. The van der Waals surface area contributed by atoms with Crippen LogP contribution in [0.4, 0.5) is 10.1 Å². The molecule has 0 aliphatic heterocycles. The number of benzene rings is 2. The second-order valence-corrected chi connectivity index (χ2v) is 6.34. The van der Waals surface area contributed by atoms with E-state index in [9.17, 15) is 14.3 Å². The van der Waals surface area contributed by atoms with E-state index in [1.165, 1.54) is 22.9 Å². The highest BCUT2D eigenvalue weighted by Crippen LogP contribution is 2.22. The Morgan fingerprint density at radius 1 is 1.29 bits per heavy atom.